The van der Waals surface area contributed by atoms with Crippen LogP contribution in [0.2, 0.25) is 0 Å². The standard InChI is InChI=1S/C17H21N3O/c1-13-7-9-19(10-8-13)16-3-5-17(6-4-16)20-11-15(12-21)14(2)18-20/h3-6,11-13H,7-10H2,1-2H3. The van der Waals surface area contributed by atoms with Crippen LogP contribution in [-0.2, 0) is 0 Å². The summed E-state index contributed by atoms with van der Waals surface area (Å²) < 4.78 is 1.77. The van der Waals surface area contributed by atoms with Crippen LogP contribution in [0.4, 0.5) is 5.69 Å². The summed E-state index contributed by atoms with van der Waals surface area (Å²) in [7, 11) is 0. The highest BCUT2D eigenvalue weighted by molar-refractivity contribution is 5.76. The predicted molar refractivity (Wildman–Crippen MR) is 84.3 cm³/mol. The van der Waals surface area contributed by atoms with E-state index in [1.165, 1.54) is 18.5 Å². The summed E-state index contributed by atoms with van der Waals surface area (Å²) in [4.78, 5) is 13.3. The quantitative estimate of drug-likeness (QED) is 0.812. The zero-order chi connectivity index (χ0) is 14.8. The Hall–Kier alpha value is -2.10. The number of nitrogens with zero attached hydrogens (tertiary/aromatic N) is 3. The van der Waals surface area contributed by atoms with Crippen LogP contribution in [0.25, 0.3) is 5.69 Å². The molecular formula is C17H21N3O. The van der Waals surface area contributed by atoms with Gasteiger partial charge in [0.2, 0.25) is 0 Å². The second-order valence-electron chi connectivity index (χ2n) is 5.92. The maximum Gasteiger partial charge on any atom is 0.153 e. The van der Waals surface area contributed by atoms with Crippen molar-refractivity contribution in [3.63, 3.8) is 0 Å². The molecule has 1 fully saturated rings. The van der Waals surface area contributed by atoms with Crippen LogP contribution in [0.5, 0.6) is 0 Å². The Morgan fingerprint density at radius 2 is 1.76 bits per heavy atom. The fourth-order valence-electron chi connectivity index (χ4n) is 2.80. The summed E-state index contributed by atoms with van der Waals surface area (Å²) in [6.45, 7) is 6.45. The van der Waals surface area contributed by atoms with Gasteiger partial charge in [0.15, 0.2) is 6.29 Å². The van der Waals surface area contributed by atoms with Gasteiger partial charge in [-0.15, -0.1) is 0 Å². The number of aryl methyl sites for hydroxylation is 1. The van der Waals surface area contributed by atoms with Crippen molar-refractivity contribution in [2.45, 2.75) is 26.7 Å². The number of rotatable bonds is 3. The first-order valence-corrected chi connectivity index (χ1v) is 7.54. The van der Waals surface area contributed by atoms with E-state index in [9.17, 15) is 4.79 Å². The molecule has 0 radical (unpaired) electrons. The Morgan fingerprint density at radius 3 is 2.33 bits per heavy atom. The fourth-order valence-corrected chi connectivity index (χ4v) is 2.80. The summed E-state index contributed by atoms with van der Waals surface area (Å²) in [6.07, 6.45) is 5.16. The molecule has 0 N–H and O–H groups in total. The topological polar surface area (TPSA) is 38.1 Å². The molecule has 0 aliphatic carbocycles. The number of anilines is 1. The zero-order valence-electron chi connectivity index (χ0n) is 12.6. The molecule has 3 rings (SSSR count). The van der Waals surface area contributed by atoms with Gasteiger partial charge >= 0.3 is 0 Å². The molecule has 110 valence electrons. The Kier molecular flexibility index (Phi) is 3.78. The number of aromatic nitrogens is 2. The summed E-state index contributed by atoms with van der Waals surface area (Å²) >= 11 is 0. The van der Waals surface area contributed by atoms with Gasteiger partial charge < -0.3 is 4.90 Å². The SMILES string of the molecule is Cc1nn(-c2ccc(N3CCC(C)CC3)cc2)cc1C=O. The lowest BCUT2D eigenvalue weighted by Gasteiger charge is -2.32. The summed E-state index contributed by atoms with van der Waals surface area (Å²) in [5.41, 5.74) is 3.66. The second kappa shape index (κ2) is 5.72. The number of carbonyl (C=O) groups is 1. The van der Waals surface area contributed by atoms with Gasteiger partial charge in [0.1, 0.15) is 0 Å². The van der Waals surface area contributed by atoms with E-state index in [4.69, 9.17) is 0 Å². The van der Waals surface area contributed by atoms with Crippen molar-refractivity contribution in [2.24, 2.45) is 5.92 Å². The molecule has 21 heavy (non-hydrogen) atoms. The van der Waals surface area contributed by atoms with Crippen LogP contribution >= 0.6 is 0 Å². The third-order valence-corrected chi connectivity index (χ3v) is 4.33. The van der Waals surface area contributed by atoms with Crippen molar-refractivity contribution in [3.8, 4) is 5.69 Å². The normalized spacial score (nSPS) is 16.2. The average Bonchev–Trinajstić information content (AvgIpc) is 2.89. The molecule has 0 unspecified atom stereocenters. The number of benzene rings is 1. The highest BCUT2D eigenvalue weighted by atomic mass is 16.1. The highest BCUT2D eigenvalue weighted by Gasteiger charge is 2.16. The smallest absolute Gasteiger partial charge is 0.153 e. The molecule has 0 spiro atoms. The molecule has 0 bridgehead atoms. The van der Waals surface area contributed by atoms with Crippen LogP contribution in [0.1, 0.15) is 35.8 Å². The minimum absolute atomic E-state index is 0.643. The van der Waals surface area contributed by atoms with Gasteiger partial charge in [0.25, 0.3) is 0 Å². The molecule has 0 saturated carbocycles. The third-order valence-electron chi connectivity index (χ3n) is 4.33. The fraction of sp³-hybridized carbons (Fsp3) is 0.412. The lowest BCUT2D eigenvalue weighted by atomic mass is 9.99. The Bertz CT molecular complexity index is 622. The highest BCUT2D eigenvalue weighted by Crippen LogP contribution is 2.24. The van der Waals surface area contributed by atoms with Crippen LogP contribution in [0.15, 0.2) is 30.5 Å². The van der Waals surface area contributed by atoms with Gasteiger partial charge in [-0.05, 0) is 49.9 Å². The number of carbonyl (C=O) groups excluding carboxylic acids is 1. The van der Waals surface area contributed by atoms with Crippen molar-refractivity contribution < 1.29 is 4.79 Å². The monoisotopic (exact) mass is 283 g/mol. The van der Waals surface area contributed by atoms with Crippen LogP contribution in [0, 0.1) is 12.8 Å². The van der Waals surface area contributed by atoms with E-state index in [0.717, 1.165) is 36.7 Å². The predicted octanol–water partition coefficient (Wildman–Crippen LogP) is 3.23. The number of hydrogen-bond donors (Lipinski definition) is 0. The van der Waals surface area contributed by atoms with Gasteiger partial charge in [0.05, 0.1) is 16.9 Å². The minimum atomic E-state index is 0.643. The number of aldehydes is 1. The van der Waals surface area contributed by atoms with Crippen molar-refractivity contribution in [2.75, 3.05) is 18.0 Å². The molecule has 1 aliphatic heterocycles. The first-order valence-electron chi connectivity index (χ1n) is 7.54. The average molecular weight is 283 g/mol. The number of hydrogen-bond acceptors (Lipinski definition) is 3. The molecule has 1 aromatic heterocycles. The molecule has 2 aromatic rings. The first kappa shape index (κ1) is 13.9. The third kappa shape index (κ3) is 2.84. The molecule has 2 heterocycles. The number of piperidine rings is 1. The molecule has 4 heteroatoms. The van der Waals surface area contributed by atoms with Crippen LogP contribution in [0.3, 0.4) is 0 Å². The maximum absolute atomic E-state index is 10.9. The van der Waals surface area contributed by atoms with E-state index in [2.05, 4.69) is 41.2 Å². The molecule has 1 saturated heterocycles. The Labute approximate surface area is 125 Å². The van der Waals surface area contributed by atoms with E-state index in [1.54, 1.807) is 10.9 Å². The molecule has 1 aromatic carbocycles. The van der Waals surface area contributed by atoms with Crippen molar-refractivity contribution in [3.05, 3.63) is 41.7 Å². The lowest BCUT2D eigenvalue weighted by Crippen LogP contribution is -2.32. The molecule has 0 atom stereocenters. The van der Waals surface area contributed by atoms with E-state index in [-0.39, 0.29) is 0 Å². The second-order valence-corrected chi connectivity index (χ2v) is 5.92. The molecule has 0 amide bonds. The van der Waals surface area contributed by atoms with Crippen LogP contribution in [-0.4, -0.2) is 29.2 Å². The van der Waals surface area contributed by atoms with E-state index in [1.807, 2.05) is 6.92 Å². The summed E-state index contributed by atoms with van der Waals surface area (Å²) in [6, 6.07) is 8.41. The first-order chi connectivity index (χ1) is 10.2. The zero-order valence-corrected chi connectivity index (χ0v) is 12.6. The largest absolute Gasteiger partial charge is 0.372 e. The van der Waals surface area contributed by atoms with Gasteiger partial charge in [0, 0.05) is 25.0 Å². The Morgan fingerprint density at radius 1 is 1.14 bits per heavy atom. The van der Waals surface area contributed by atoms with Crippen molar-refractivity contribution in [1.82, 2.24) is 9.78 Å². The Balaban J connectivity index is 1.78. The van der Waals surface area contributed by atoms with Crippen molar-refractivity contribution in [1.29, 1.82) is 0 Å². The molecule has 1 aliphatic rings. The van der Waals surface area contributed by atoms with Crippen molar-refractivity contribution >= 4 is 12.0 Å². The van der Waals surface area contributed by atoms with E-state index >= 15 is 0 Å². The summed E-state index contributed by atoms with van der Waals surface area (Å²) in [5, 5.41) is 4.38. The van der Waals surface area contributed by atoms with Crippen LogP contribution < -0.4 is 4.90 Å². The lowest BCUT2D eigenvalue weighted by molar-refractivity contribution is 0.112. The minimum Gasteiger partial charge on any atom is -0.372 e. The van der Waals surface area contributed by atoms with Gasteiger partial charge in [-0.25, -0.2) is 4.68 Å². The maximum atomic E-state index is 10.9. The summed E-state index contributed by atoms with van der Waals surface area (Å²) in [5.74, 6) is 0.842. The van der Waals surface area contributed by atoms with E-state index in [0.29, 0.717) is 5.56 Å². The molecule has 4 nitrogen and oxygen atoms in total. The van der Waals surface area contributed by atoms with Gasteiger partial charge in [-0.2, -0.15) is 5.10 Å². The van der Waals surface area contributed by atoms with Gasteiger partial charge in [-0.3, -0.25) is 4.79 Å². The molecular weight excluding hydrogens is 262 g/mol. The van der Waals surface area contributed by atoms with E-state index < -0.39 is 0 Å². The van der Waals surface area contributed by atoms with Gasteiger partial charge in [-0.1, -0.05) is 6.92 Å².